The molecular formula is C22H22N4OS. The minimum Gasteiger partial charge on any atom is -0.360 e. The Morgan fingerprint density at radius 2 is 1.93 bits per heavy atom. The lowest BCUT2D eigenvalue weighted by molar-refractivity contribution is 0.102. The molecule has 0 saturated carbocycles. The molecule has 4 rings (SSSR count). The van der Waals surface area contributed by atoms with Gasteiger partial charge in [-0.3, -0.25) is 4.79 Å². The van der Waals surface area contributed by atoms with Crippen LogP contribution in [0, 0.1) is 0 Å². The summed E-state index contributed by atoms with van der Waals surface area (Å²) in [5.41, 5.74) is 4.21. The minimum atomic E-state index is 0.0945. The molecule has 0 spiro atoms. The van der Waals surface area contributed by atoms with Crippen LogP contribution >= 0.6 is 11.8 Å². The number of hydrogen-bond acceptors (Lipinski definition) is 4. The smallest absolute Gasteiger partial charge is 0.191 e. The summed E-state index contributed by atoms with van der Waals surface area (Å²) in [7, 11) is 1.95. The van der Waals surface area contributed by atoms with Crippen molar-refractivity contribution in [3.63, 3.8) is 0 Å². The van der Waals surface area contributed by atoms with E-state index in [1.165, 1.54) is 22.9 Å². The number of ketones is 1. The Labute approximate surface area is 168 Å². The van der Waals surface area contributed by atoms with Gasteiger partial charge in [0.05, 0.1) is 5.75 Å². The van der Waals surface area contributed by atoms with Crippen molar-refractivity contribution in [2.24, 2.45) is 7.05 Å². The van der Waals surface area contributed by atoms with Crippen molar-refractivity contribution in [3.8, 4) is 0 Å². The number of aryl methyl sites for hydroxylation is 1. The Bertz CT molecular complexity index is 1110. The number of hydrogen-bond donors (Lipinski definition) is 1. The summed E-state index contributed by atoms with van der Waals surface area (Å²) < 4.78 is 1.97. The summed E-state index contributed by atoms with van der Waals surface area (Å²) in [6.45, 7) is 2.12. The Morgan fingerprint density at radius 1 is 1.11 bits per heavy atom. The number of nitrogens with one attached hydrogen (secondary N) is 1. The van der Waals surface area contributed by atoms with Crippen molar-refractivity contribution >= 4 is 28.4 Å². The van der Waals surface area contributed by atoms with Crippen molar-refractivity contribution in [1.82, 2.24) is 19.7 Å². The second kappa shape index (κ2) is 8.02. The van der Waals surface area contributed by atoms with E-state index in [0.717, 1.165) is 40.3 Å². The van der Waals surface area contributed by atoms with Gasteiger partial charge in [-0.05, 0) is 17.5 Å². The van der Waals surface area contributed by atoms with Gasteiger partial charge in [0.15, 0.2) is 10.9 Å². The zero-order chi connectivity index (χ0) is 19.5. The maximum atomic E-state index is 12.8. The maximum absolute atomic E-state index is 12.8. The first-order valence-electron chi connectivity index (χ1n) is 9.34. The van der Waals surface area contributed by atoms with E-state index in [1.807, 2.05) is 48.1 Å². The third-order valence-electron chi connectivity index (χ3n) is 4.95. The van der Waals surface area contributed by atoms with E-state index in [9.17, 15) is 4.79 Å². The number of rotatable bonds is 7. The second-order valence-corrected chi connectivity index (χ2v) is 7.67. The maximum Gasteiger partial charge on any atom is 0.191 e. The lowest BCUT2D eigenvalue weighted by Crippen LogP contribution is -2.04. The number of nitrogens with zero attached hydrogens (tertiary/aromatic N) is 3. The standard InChI is InChI=1S/C22H22N4OS/c1-3-16-10-7-11-17-18(13-23-21(16)17)19(27)14-28-22-25-24-20(26(22)2)12-15-8-5-4-6-9-15/h4-11,13,23H,3,12,14H2,1-2H3. The topological polar surface area (TPSA) is 63.6 Å². The lowest BCUT2D eigenvalue weighted by atomic mass is 10.1. The fraction of sp³-hybridized carbons (Fsp3) is 0.227. The van der Waals surface area contributed by atoms with Gasteiger partial charge in [0, 0.05) is 36.1 Å². The van der Waals surface area contributed by atoms with Gasteiger partial charge in [0.1, 0.15) is 5.82 Å². The molecular weight excluding hydrogens is 368 g/mol. The van der Waals surface area contributed by atoms with E-state index >= 15 is 0 Å². The number of carbonyl (C=O) groups is 1. The number of fused-ring (bicyclic) bond motifs is 1. The predicted octanol–water partition coefficient (Wildman–Crippen LogP) is 4.42. The van der Waals surface area contributed by atoms with Gasteiger partial charge in [-0.1, -0.05) is 67.2 Å². The SMILES string of the molecule is CCc1cccc2c(C(=O)CSc3nnc(Cc4ccccc4)n3C)c[nH]c12. The summed E-state index contributed by atoms with van der Waals surface area (Å²) in [4.78, 5) is 16.1. The van der Waals surface area contributed by atoms with Crippen molar-refractivity contribution in [1.29, 1.82) is 0 Å². The first kappa shape index (κ1) is 18.5. The molecule has 0 bridgehead atoms. The zero-order valence-electron chi connectivity index (χ0n) is 16.0. The van der Waals surface area contributed by atoms with E-state index in [2.05, 4.69) is 40.3 Å². The van der Waals surface area contributed by atoms with Crippen LogP contribution in [0.25, 0.3) is 10.9 Å². The van der Waals surface area contributed by atoms with E-state index in [-0.39, 0.29) is 5.78 Å². The zero-order valence-corrected chi connectivity index (χ0v) is 16.8. The monoisotopic (exact) mass is 390 g/mol. The lowest BCUT2D eigenvalue weighted by Gasteiger charge is -2.04. The molecule has 0 amide bonds. The van der Waals surface area contributed by atoms with Crippen molar-refractivity contribution in [2.75, 3.05) is 5.75 Å². The molecule has 28 heavy (non-hydrogen) atoms. The number of benzene rings is 2. The van der Waals surface area contributed by atoms with Gasteiger partial charge in [0.2, 0.25) is 0 Å². The van der Waals surface area contributed by atoms with Gasteiger partial charge in [-0.15, -0.1) is 10.2 Å². The van der Waals surface area contributed by atoms with Crippen molar-refractivity contribution in [2.45, 2.75) is 24.9 Å². The molecule has 1 N–H and O–H groups in total. The molecule has 0 aliphatic rings. The van der Waals surface area contributed by atoms with Gasteiger partial charge in [0.25, 0.3) is 0 Å². The summed E-state index contributed by atoms with van der Waals surface area (Å²) in [5, 5.41) is 10.3. The molecule has 0 atom stereocenters. The van der Waals surface area contributed by atoms with Crippen LogP contribution in [0.2, 0.25) is 0 Å². The summed E-state index contributed by atoms with van der Waals surface area (Å²) in [6, 6.07) is 16.3. The highest BCUT2D eigenvalue weighted by Crippen LogP contribution is 2.25. The molecule has 2 aromatic heterocycles. The van der Waals surface area contributed by atoms with Crippen LogP contribution in [0.3, 0.4) is 0 Å². The quantitative estimate of drug-likeness (QED) is 0.375. The van der Waals surface area contributed by atoms with Crippen LogP contribution in [0.15, 0.2) is 59.9 Å². The van der Waals surface area contributed by atoms with Crippen molar-refractivity contribution < 1.29 is 4.79 Å². The molecule has 0 radical (unpaired) electrons. The number of carbonyl (C=O) groups excluding carboxylic acids is 1. The van der Waals surface area contributed by atoms with Crippen LogP contribution in [0.5, 0.6) is 0 Å². The largest absolute Gasteiger partial charge is 0.360 e. The average molecular weight is 391 g/mol. The molecule has 0 aliphatic heterocycles. The van der Waals surface area contributed by atoms with Crippen LogP contribution in [-0.4, -0.2) is 31.3 Å². The number of aromatic nitrogens is 4. The summed E-state index contributed by atoms with van der Waals surface area (Å²) in [6.07, 6.45) is 3.48. The fourth-order valence-electron chi connectivity index (χ4n) is 3.35. The van der Waals surface area contributed by atoms with Crippen LogP contribution < -0.4 is 0 Å². The molecule has 142 valence electrons. The van der Waals surface area contributed by atoms with Crippen LogP contribution in [0.1, 0.15) is 34.2 Å². The molecule has 0 saturated heterocycles. The Balaban J connectivity index is 1.47. The van der Waals surface area contributed by atoms with Gasteiger partial charge < -0.3 is 9.55 Å². The first-order valence-corrected chi connectivity index (χ1v) is 10.3. The number of para-hydroxylation sites is 1. The average Bonchev–Trinajstić information content (AvgIpc) is 3.31. The Morgan fingerprint density at radius 3 is 2.71 bits per heavy atom. The van der Waals surface area contributed by atoms with E-state index < -0.39 is 0 Å². The number of Topliss-reactive ketones (excluding diaryl/α,β-unsaturated/α-hetero) is 1. The van der Waals surface area contributed by atoms with Crippen LogP contribution in [0.4, 0.5) is 0 Å². The van der Waals surface area contributed by atoms with E-state index in [4.69, 9.17) is 0 Å². The van der Waals surface area contributed by atoms with Gasteiger partial charge >= 0.3 is 0 Å². The normalized spacial score (nSPS) is 11.2. The first-order chi connectivity index (χ1) is 13.7. The Hall–Kier alpha value is -2.86. The molecule has 2 aromatic carbocycles. The van der Waals surface area contributed by atoms with Crippen molar-refractivity contribution in [3.05, 3.63) is 77.2 Å². The molecule has 6 heteroatoms. The minimum absolute atomic E-state index is 0.0945. The van der Waals surface area contributed by atoms with E-state index in [0.29, 0.717) is 5.75 Å². The highest BCUT2D eigenvalue weighted by Gasteiger charge is 2.16. The van der Waals surface area contributed by atoms with Crippen LogP contribution in [-0.2, 0) is 19.9 Å². The highest BCUT2D eigenvalue weighted by molar-refractivity contribution is 7.99. The molecule has 0 unspecified atom stereocenters. The summed E-state index contributed by atoms with van der Waals surface area (Å²) in [5.74, 6) is 1.32. The molecule has 0 aliphatic carbocycles. The Kier molecular flexibility index (Phi) is 5.30. The number of aromatic amines is 1. The summed E-state index contributed by atoms with van der Waals surface area (Å²) >= 11 is 1.43. The molecule has 0 fully saturated rings. The fourth-order valence-corrected chi connectivity index (χ4v) is 4.17. The molecule has 5 nitrogen and oxygen atoms in total. The third kappa shape index (κ3) is 3.60. The molecule has 4 aromatic rings. The number of H-pyrrole nitrogens is 1. The third-order valence-corrected chi connectivity index (χ3v) is 5.97. The number of thioether (sulfide) groups is 1. The van der Waals surface area contributed by atoms with Gasteiger partial charge in [-0.25, -0.2) is 0 Å². The molecule has 2 heterocycles. The van der Waals surface area contributed by atoms with E-state index in [1.54, 1.807) is 0 Å². The predicted molar refractivity (Wildman–Crippen MR) is 113 cm³/mol. The van der Waals surface area contributed by atoms with Gasteiger partial charge in [-0.2, -0.15) is 0 Å². The highest BCUT2D eigenvalue weighted by atomic mass is 32.2. The second-order valence-electron chi connectivity index (χ2n) is 6.73.